The molecule has 1 N–H and O–H groups in total. The molecule has 1 saturated heterocycles. The smallest absolute Gasteiger partial charge is 0.317 e. The summed E-state index contributed by atoms with van der Waals surface area (Å²) in [5.74, 6) is 1.41. The number of methoxy groups -OCH3 is 2. The Morgan fingerprint density at radius 3 is 2.62 bits per heavy atom. The number of amides is 2. The first-order valence-corrected chi connectivity index (χ1v) is 7.06. The van der Waals surface area contributed by atoms with Crippen molar-refractivity contribution < 1.29 is 19.0 Å². The van der Waals surface area contributed by atoms with Crippen molar-refractivity contribution in [3.8, 4) is 11.5 Å². The number of rotatable bonds is 5. The number of benzene rings is 1. The second-order valence-corrected chi connectivity index (χ2v) is 4.77. The average Bonchev–Trinajstić information content (AvgIpc) is 2.55. The van der Waals surface area contributed by atoms with Crippen molar-refractivity contribution in [2.24, 2.45) is 0 Å². The highest BCUT2D eigenvalue weighted by molar-refractivity contribution is 5.74. The summed E-state index contributed by atoms with van der Waals surface area (Å²) in [6, 6.07) is 5.75. The van der Waals surface area contributed by atoms with Gasteiger partial charge >= 0.3 is 6.03 Å². The summed E-state index contributed by atoms with van der Waals surface area (Å²) in [5.41, 5.74) is 1.09. The molecule has 0 aromatic heterocycles. The normalized spacial score (nSPS) is 14.7. The zero-order chi connectivity index (χ0) is 15.1. The Morgan fingerprint density at radius 1 is 1.24 bits per heavy atom. The van der Waals surface area contributed by atoms with Crippen molar-refractivity contribution in [1.82, 2.24) is 10.2 Å². The molecule has 1 aliphatic rings. The molecule has 6 heteroatoms. The quantitative estimate of drug-likeness (QED) is 0.889. The maximum atomic E-state index is 11.9. The monoisotopic (exact) mass is 294 g/mol. The van der Waals surface area contributed by atoms with E-state index >= 15 is 0 Å². The highest BCUT2D eigenvalue weighted by Gasteiger charge is 2.15. The van der Waals surface area contributed by atoms with E-state index in [2.05, 4.69) is 5.32 Å². The van der Waals surface area contributed by atoms with Gasteiger partial charge in [-0.2, -0.15) is 0 Å². The minimum Gasteiger partial charge on any atom is -0.493 e. The van der Waals surface area contributed by atoms with Gasteiger partial charge in [0, 0.05) is 19.6 Å². The number of nitrogens with one attached hydrogen (secondary N) is 1. The van der Waals surface area contributed by atoms with Gasteiger partial charge in [0.2, 0.25) is 0 Å². The molecule has 21 heavy (non-hydrogen) atoms. The van der Waals surface area contributed by atoms with Crippen LogP contribution in [0.25, 0.3) is 0 Å². The Kier molecular flexibility index (Phi) is 5.68. The number of carbonyl (C=O) groups is 1. The first-order chi connectivity index (χ1) is 10.2. The maximum Gasteiger partial charge on any atom is 0.317 e. The van der Waals surface area contributed by atoms with Crippen LogP contribution in [-0.2, 0) is 11.2 Å². The molecule has 0 spiro atoms. The van der Waals surface area contributed by atoms with Gasteiger partial charge in [0.1, 0.15) is 0 Å². The molecule has 6 nitrogen and oxygen atoms in total. The number of carbonyl (C=O) groups excluding carboxylic acids is 1. The van der Waals surface area contributed by atoms with Gasteiger partial charge in [0.05, 0.1) is 27.4 Å². The second-order valence-electron chi connectivity index (χ2n) is 4.77. The highest BCUT2D eigenvalue weighted by atomic mass is 16.5. The van der Waals surface area contributed by atoms with Crippen LogP contribution in [0, 0.1) is 0 Å². The van der Waals surface area contributed by atoms with Gasteiger partial charge in [-0.05, 0) is 24.1 Å². The molecule has 2 amide bonds. The summed E-state index contributed by atoms with van der Waals surface area (Å²) in [7, 11) is 3.22. The lowest BCUT2D eigenvalue weighted by molar-refractivity contribution is 0.0533. The molecule has 0 bridgehead atoms. The van der Waals surface area contributed by atoms with E-state index < -0.39 is 0 Å². The molecule has 1 heterocycles. The van der Waals surface area contributed by atoms with Crippen LogP contribution in [0.3, 0.4) is 0 Å². The summed E-state index contributed by atoms with van der Waals surface area (Å²) in [5, 5.41) is 2.93. The third-order valence-electron chi connectivity index (χ3n) is 3.44. The molecular weight excluding hydrogens is 272 g/mol. The number of urea groups is 1. The Bertz CT molecular complexity index is 473. The second kappa shape index (κ2) is 7.73. The molecule has 0 radical (unpaired) electrons. The molecule has 1 aromatic carbocycles. The number of morpholine rings is 1. The van der Waals surface area contributed by atoms with Gasteiger partial charge in [-0.3, -0.25) is 0 Å². The van der Waals surface area contributed by atoms with Crippen molar-refractivity contribution in [3.63, 3.8) is 0 Å². The largest absolute Gasteiger partial charge is 0.493 e. The summed E-state index contributed by atoms with van der Waals surface area (Å²) in [4.78, 5) is 13.7. The van der Waals surface area contributed by atoms with Crippen LogP contribution in [0.4, 0.5) is 4.79 Å². The minimum absolute atomic E-state index is 0.0289. The number of hydrogen-bond donors (Lipinski definition) is 1. The molecule has 0 aliphatic carbocycles. The fourth-order valence-corrected chi connectivity index (χ4v) is 2.23. The molecule has 116 valence electrons. The van der Waals surface area contributed by atoms with Crippen LogP contribution in [0.1, 0.15) is 5.56 Å². The maximum absolute atomic E-state index is 11.9. The van der Waals surface area contributed by atoms with E-state index in [0.29, 0.717) is 44.3 Å². The first-order valence-electron chi connectivity index (χ1n) is 7.06. The third-order valence-corrected chi connectivity index (χ3v) is 3.44. The lowest BCUT2D eigenvalue weighted by atomic mass is 10.1. The van der Waals surface area contributed by atoms with E-state index in [1.807, 2.05) is 18.2 Å². The van der Waals surface area contributed by atoms with E-state index in [9.17, 15) is 4.79 Å². The molecule has 0 unspecified atom stereocenters. The zero-order valence-corrected chi connectivity index (χ0v) is 12.6. The Hall–Kier alpha value is -1.95. The predicted octanol–water partition coefficient (Wildman–Crippen LogP) is 1.29. The van der Waals surface area contributed by atoms with Crippen LogP contribution in [0.5, 0.6) is 11.5 Å². The first kappa shape index (κ1) is 15.4. The molecule has 2 rings (SSSR count). The van der Waals surface area contributed by atoms with Crippen molar-refractivity contribution >= 4 is 6.03 Å². The van der Waals surface area contributed by atoms with E-state index in [-0.39, 0.29) is 6.03 Å². The van der Waals surface area contributed by atoms with Crippen molar-refractivity contribution in [2.75, 3.05) is 47.1 Å². The number of nitrogens with zero attached hydrogens (tertiary/aromatic N) is 1. The van der Waals surface area contributed by atoms with Gasteiger partial charge in [0.25, 0.3) is 0 Å². The van der Waals surface area contributed by atoms with E-state index in [1.165, 1.54) is 0 Å². The van der Waals surface area contributed by atoms with Crippen LogP contribution in [0.2, 0.25) is 0 Å². The van der Waals surface area contributed by atoms with E-state index in [0.717, 1.165) is 12.0 Å². The number of ether oxygens (including phenoxy) is 3. The predicted molar refractivity (Wildman–Crippen MR) is 79.0 cm³/mol. The van der Waals surface area contributed by atoms with Crippen LogP contribution >= 0.6 is 0 Å². The van der Waals surface area contributed by atoms with Gasteiger partial charge in [-0.25, -0.2) is 4.79 Å². The van der Waals surface area contributed by atoms with Crippen LogP contribution < -0.4 is 14.8 Å². The van der Waals surface area contributed by atoms with Crippen molar-refractivity contribution in [1.29, 1.82) is 0 Å². The lowest BCUT2D eigenvalue weighted by Gasteiger charge is -2.26. The molecule has 1 fully saturated rings. The van der Waals surface area contributed by atoms with Crippen molar-refractivity contribution in [3.05, 3.63) is 23.8 Å². The van der Waals surface area contributed by atoms with Gasteiger partial charge in [-0.15, -0.1) is 0 Å². The summed E-state index contributed by atoms with van der Waals surface area (Å²) >= 11 is 0. The third kappa shape index (κ3) is 4.26. The Balaban J connectivity index is 1.81. The van der Waals surface area contributed by atoms with Gasteiger partial charge < -0.3 is 24.4 Å². The van der Waals surface area contributed by atoms with Crippen molar-refractivity contribution in [2.45, 2.75) is 6.42 Å². The zero-order valence-electron chi connectivity index (χ0n) is 12.6. The summed E-state index contributed by atoms with van der Waals surface area (Å²) in [6.07, 6.45) is 0.746. The van der Waals surface area contributed by atoms with E-state index in [1.54, 1.807) is 19.1 Å². The topological polar surface area (TPSA) is 60.0 Å². The fourth-order valence-electron chi connectivity index (χ4n) is 2.23. The Labute approximate surface area is 125 Å². The van der Waals surface area contributed by atoms with Crippen LogP contribution in [-0.4, -0.2) is 58.0 Å². The number of hydrogen-bond acceptors (Lipinski definition) is 4. The molecule has 0 atom stereocenters. The van der Waals surface area contributed by atoms with Gasteiger partial charge in [0.15, 0.2) is 11.5 Å². The molecular formula is C15H22N2O4. The summed E-state index contributed by atoms with van der Waals surface area (Å²) < 4.78 is 15.7. The standard InChI is InChI=1S/C15H22N2O4/c1-19-13-4-3-12(11-14(13)20-2)5-6-16-15(18)17-7-9-21-10-8-17/h3-4,11H,5-10H2,1-2H3,(H,16,18). The molecule has 1 aliphatic heterocycles. The highest BCUT2D eigenvalue weighted by Crippen LogP contribution is 2.27. The van der Waals surface area contributed by atoms with Crippen LogP contribution in [0.15, 0.2) is 18.2 Å². The summed E-state index contributed by atoms with van der Waals surface area (Å²) in [6.45, 7) is 3.13. The lowest BCUT2D eigenvalue weighted by Crippen LogP contribution is -2.46. The average molecular weight is 294 g/mol. The molecule has 1 aromatic rings. The van der Waals surface area contributed by atoms with Gasteiger partial charge in [-0.1, -0.05) is 6.07 Å². The fraction of sp³-hybridized carbons (Fsp3) is 0.533. The SMILES string of the molecule is COc1ccc(CCNC(=O)N2CCOCC2)cc1OC. The van der Waals surface area contributed by atoms with E-state index in [4.69, 9.17) is 14.2 Å². The minimum atomic E-state index is -0.0289. The molecule has 0 saturated carbocycles. The Morgan fingerprint density at radius 2 is 1.95 bits per heavy atom.